The highest BCUT2D eigenvalue weighted by Gasteiger charge is 1.97. The lowest BCUT2D eigenvalue weighted by molar-refractivity contribution is -0.107. The summed E-state index contributed by atoms with van der Waals surface area (Å²) in [5.41, 5.74) is 0.958. The van der Waals surface area contributed by atoms with Crippen LogP contribution in [0.2, 0.25) is 0 Å². The van der Waals surface area contributed by atoms with Crippen LogP contribution in [-0.2, 0) is 11.2 Å². The van der Waals surface area contributed by atoms with Gasteiger partial charge in [0.1, 0.15) is 12.1 Å². The Balaban J connectivity index is 2.55. The second-order valence-corrected chi connectivity index (χ2v) is 3.20. The largest absolute Gasteiger partial charge is 0.303 e. The number of aldehydes is 1. The molecule has 0 spiro atoms. The highest BCUT2D eigenvalue weighted by molar-refractivity contribution is 5.83. The molecule has 70 valence electrons. The standard InChI is InChI=1S/C12H9FO/c13-12-4-3-10-7-9(5-6-14)1-2-11(10)8-12/h1-4,6-8H,5H2. The fourth-order valence-electron chi connectivity index (χ4n) is 1.49. The highest BCUT2D eigenvalue weighted by atomic mass is 19.1. The van der Waals surface area contributed by atoms with Crippen molar-refractivity contribution in [2.24, 2.45) is 0 Å². The van der Waals surface area contributed by atoms with E-state index in [2.05, 4.69) is 0 Å². The Labute approximate surface area is 81.2 Å². The zero-order valence-corrected chi connectivity index (χ0v) is 7.53. The summed E-state index contributed by atoms with van der Waals surface area (Å²) in [6.07, 6.45) is 1.28. The van der Waals surface area contributed by atoms with E-state index in [-0.39, 0.29) is 5.82 Å². The fraction of sp³-hybridized carbons (Fsp3) is 0.0833. The maximum absolute atomic E-state index is 12.8. The number of rotatable bonds is 2. The first kappa shape index (κ1) is 8.88. The van der Waals surface area contributed by atoms with Gasteiger partial charge in [0.25, 0.3) is 0 Å². The number of fused-ring (bicyclic) bond motifs is 1. The third kappa shape index (κ3) is 1.64. The lowest BCUT2D eigenvalue weighted by Crippen LogP contribution is -1.85. The Morgan fingerprint density at radius 2 is 1.79 bits per heavy atom. The summed E-state index contributed by atoms with van der Waals surface area (Å²) < 4.78 is 12.8. The first-order valence-electron chi connectivity index (χ1n) is 4.41. The van der Waals surface area contributed by atoms with Gasteiger partial charge in [-0.3, -0.25) is 0 Å². The van der Waals surface area contributed by atoms with Crippen molar-refractivity contribution in [1.29, 1.82) is 0 Å². The lowest BCUT2D eigenvalue weighted by Gasteiger charge is -2.00. The van der Waals surface area contributed by atoms with Crippen LogP contribution in [0.25, 0.3) is 10.8 Å². The van der Waals surface area contributed by atoms with Crippen LogP contribution < -0.4 is 0 Å². The summed E-state index contributed by atoms with van der Waals surface area (Å²) in [7, 11) is 0. The average molecular weight is 188 g/mol. The van der Waals surface area contributed by atoms with Crippen molar-refractivity contribution < 1.29 is 9.18 Å². The van der Waals surface area contributed by atoms with Gasteiger partial charge >= 0.3 is 0 Å². The van der Waals surface area contributed by atoms with E-state index in [1.807, 2.05) is 18.2 Å². The van der Waals surface area contributed by atoms with Gasteiger partial charge in [-0.25, -0.2) is 4.39 Å². The van der Waals surface area contributed by atoms with Crippen LogP contribution in [0.4, 0.5) is 4.39 Å². The maximum Gasteiger partial charge on any atom is 0.124 e. The Morgan fingerprint density at radius 3 is 2.57 bits per heavy atom. The summed E-state index contributed by atoms with van der Waals surface area (Å²) in [5.74, 6) is -0.236. The van der Waals surface area contributed by atoms with Crippen LogP contribution >= 0.6 is 0 Å². The number of benzene rings is 2. The van der Waals surface area contributed by atoms with Gasteiger partial charge in [0, 0.05) is 6.42 Å². The molecule has 0 saturated carbocycles. The van der Waals surface area contributed by atoms with E-state index in [1.54, 1.807) is 6.07 Å². The number of halogens is 1. The van der Waals surface area contributed by atoms with Gasteiger partial charge in [-0.05, 0) is 28.5 Å². The maximum atomic E-state index is 12.8. The van der Waals surface area contributed by atoms with Crippen LogP contribution in [0, 0.1) is 5.82 Å². The Morgan fingerprint density at radius 1 is 1.07 bits per heavy atom. The molecule has 0 atom stereocenters. The molecule has 0 fully saturated rings. The zero-order chi connectivity index (χ0) is 9.97. The predicted octanol–water partition coefficient (Wildman–Crippen LogP) is 2.72. The van der Waals surface area contributed by atoms with E-state index in [0.717, 1.165) is 22.6 Å². The second kappa shape index (κ2) is 3.58. The van der Waals surface area contributed by atoms with Crippen LogP contribution in [0.1, 0.15) is 5.56 Å². The van der Waals surface area contributed by atoms with E-state index >= 15 is 0 Å². The molecule has 0 N–H and O–H groups in total. The molecule has 14 heavy (non-hydrogen) atoms. The van der Waals surface area contributed by atoms with E-state index in [4.69, 9.17) is 0 Å². The molecule has 2 rings (SSSR count). The molecule has 2 heteroatoms. The van der Waals surface area contributed by atoms with Gasteiger partial charge in [0.15, 0.2) is 0 Å². The number of carbonyl (C=O) groups is 1. The first-order chi connectivity index (χ1) is 6.79. The molecule has 2 aromatic carbocycles. The van der Waals surface area contributed by atoms with Crippen molar-refractivity contribution in [2.45, 2.75) is 6.42 Å². The summed E-state index contributed by atoms with van der Waals surface area (Å²) in [6, 6.07) is 10.2. The van der Waals surface area contributed by atoms with E-state index < -0.39 is 0 Å². The summed E-state index contributed by atoms with van der Waals surface area (Å²) >= 11 is 0. The second-order valence-electron chi connectivity index (χ2n) is 3.20. The smallest absolute Gasteiger partial charge is 0.124 e. The fourth-order valence-corrected chi connectivity index (χ4v) is 1.49. The van der Waals surface area contributed by atoms with Gasteiger partial charge in [-0.15, -0.1) is 0 Å². The van der Waals surface area contributed by atoms with Crippen LogP contribution in [-0.4, -0.2) is 6.29 Å². The Bertz CT molecular complexity index is 477. The molecule has 0 aliphatic carbocycles. The third-order valence-corrected chi connectivity index (χ3v) is 2.19. The van der Waals surface area contributed by atoms with Crippen molar-refractivity contribution in [3.05, 3.63) is 47.8 Å². The van der Waals surface area contributed by atoms with Crippen molar-refractivity contribution in [3.8, 4) is 0 Å². The number of carbonyl (C=O) groups excluding carboxylic acids is 1. The van der Waals surface area contributed by atoms with Crippen molar-refractivity contribution in [3.63, 3.8) is 0 Å². The van der Waals surface area contributed by atoms with Gasteiger partial charge in [0.05, 0.1) is 0 Å². The molecule has 2 aromatic rings. The molecule has 0 aliphatic rings. The summed E-state index contributed by atoms with van der Waals surface area (Å²) in [6.45, 7) is 0. The van der Waals surface area contributed by atoms with E-state index in [9.17, 15) is 9.18 Å². The number of hydrogen-bond acceptors (Lipinski definition) is 1. The van der Waals surface area contributed by atoms with Gasteiger partial charge < -0.3 is 4.79 Å². The topological polar surface area (TPSA) is 17.1 Å². The third-order valence-electron chi connectivity index (χ3n) is 2.19. The van der Waals surface area contributed by atoms with Gasteiger partial charge in [-0.1, -0.05) is 24.3 Å². The molecule has 0 aliphatic heterocycles. The minimum Gasteiger partial charge on any atom is -0.303 e. The molecule has 1 nitrogen and oxygen atoms in total. The lowest BCUT2D eigenvalue weighted by atomic mass is 10.1. The number of hydrogen-bond donors (Lipinski definition) is 0. The van der Waals surface area contributed by atoms with Crippen LogP contribution in [0.3, 0.4) is 0 Å². The summed E-state index contributed by atoms with van der Waals surface area (Å²) in [4.78, 5) is 10.3. The molecule has 0 heterocycles. The van der Waals surface area contributed by atoms with E-state index in [1.165, 1.54) is 12.1 Å². The molecular formula is C12H9FO. The van der Waals surface area contributed by atoms with Crippen molar-refractivity contribution >= 4 is 17.1 Å². The monoisotopic (exact) mass is 188 g/mol. The minimum absolute atomic E-state index is 0.236. The minimum atomic E-state index is -0.236. The molecule has 0 amide bonds. The van der Waals surface area contributed by atoms with Crippen molar-refractivity contribution in [2.75, 3.05) is 0 Å². The van der Waals surface area contributed by atoms with Gasteiger partial charge in [0.2, 0.25) is 0 Å². The zero-order valence-electron chi connectivity index (χ0n) is 7.53. The van der Waals surface area contributed by atoms with Gasteiger partial charge in [-0.2, -0.15) is 0 Å². The Hall–Kier alpha value is -1.70. The normalized spacial score (nSPS) is 10.4. The Kier molecular flexibility index (Phi) is 2.27. The quantitative estimate of drug-likeness (QED) is 0.662. The summed E-state index contributed by atoms with van der Waals surface area (Å²) in [5, 5.41) is 1.82. The predicted molar refractivity (Wildman–Crippen MR) is 53.7 cm³/mol. The SMILES string of the molecule is O=CCc1ccc2cc(F)ccc2c1. The molecule has 0 unspecified atom stereocenters. The van der Waals surface area contributed by atoms with Crippen LogP contribution in [0.5, 0.6) is 0 Å². The molecule has 0 radical (unpaired) electrons. The van der Waals surface area contributed by atoms with E-state index in [0.29, 0.717) is 6.42 Å². The van der Waals surface area contributed by atoms with Crippen molar-refractivity contribution in [1.82, 2.24) is 0 Å². The molecular weight excluding hydrogens is 179 g/mol. The molecule has 0 bridgehead atoms. The highest BCUT2D eigenvalue weighted by Crippen LogP contribution is 2.17. The van der Waals surface area contributed by atoms with Crippen LogP contribution in [0.15, 0.2) is 36.4 Å². The molecule has 0 aromatic heterocycles. The average Bonchev–Trinajstić information content (AvgIpc) is 2.19. The first-order valence-corrected chi connectivity index (χ1v) is 4.41. The molecule has 0 saturated heterocycles.